The predicted molar refractivity (Wildman–Crippen MR) is 81.4 cm³/mol. The van der Waals surface area contributed by atoms with E-state index in [0.29, 0.717) is 0 Å². The van der Waals surface area contributed by atoms with Crippen LogP contribution in [0, 0.1) is 11.8 Å². The van der Waals surface area contributed by atoms with Crippen LogP contribution >= 0.6 is 0 Å². The van der Waals surface area contributed by atoms with Gasteiger partial charge in [0.1, 0.15) is 0 Å². The molecule has 0 aromatic heterocycles. The van der Waals surface area contributed by atoms with Gasteiger partial charge in [0.2, 0.25) is 0 Å². The second-order valence-corrected chi connectivity index (χ2v) is 7.27. The first-order chi connectivity index (χ1) is 9.35. The Morgan fingerprint density at radius 3 is 2.21 bits per heavy atom. The van der Waals surface area contributed by atoms with E-state index in [0.717, 1.165) is 23.9 Å². The van der Waals surface area contributed by atoms with Gasteiger partial charge in [0.05, 0.1) is 0 Å². The number of nitrogens with zero attached hydrogens (tertiary/aromatic N) is 1. The molecule has 0 amide bonds. The maximum absolute atomic E-state index is 3.70. The first kappa shape index (κ1) is 13.9. The Balaban J connectivity index is 1.51. The molecular weight excluding hydrogens is 232 g/mol. The molecule has 2 saturated carbocycles. The Kier molecular flexibility index (Phi) is 4.81. The molecule has 0 spiro atoms. The Labute approximate surface area is 119 Å². The number of nitrogens with one attached hydrogen (secondary N) is 1. The minimum atomic E-state index is 0.794. The van der Waals surface area contributed by atoms with Crippen molar-refractivity contribution in [1.29, 1.82) is 0 Å². The quantitative estimate of drug-likeness (QED) is 0.791. The molecule has 1 saturated heterocycles. The zero-order valence-corrected chi connectivity index (χ0v) is 12.7. The molecule has 1 atom stereocenters. The molecular formula is C17H32N2. The summed E-state index contributed by atoms with van der Waals surface area (Å²) in [7, 11) is 0. The summed E-state index contributed by atoms with van der Waals surface area (Å²) in [6, 6.07) is 1.70. The minimum absolute atomic E-state index is 0.794. The van der Waals surface area contributed by atoms with Gasteiger partial charge < -0.3 is 5.32 Å². The van der Waals surface area contributed by atoms with Gasteiger partial charge >= 0.3 is 0 Å². The molecule has 1 aliphatic heterocycles. The standard InChI is InChI=1S/C17H32N2/c1-2-14-7-9-17(10-8-14)19(12-15-5-6-15)13-16-4-3-11-18-16/h14-18H,2-13H2,1H3. The van der Waals surface area contributed by atoms with E-state index in [4.69, 9.17) is 0 Å². The van der Waals surface area contributed by atoms with E-state index in [2.05, 4.69) is 17.1 Å². The van der Waals surface area contributed by atoms with Crippen molar-refractivity contribution >= 4 is 0 Å². The van der Waals surface area contributed by atoms with Crippen LogP contribution in [0.15, 0.2) is 0 Å². The normalized spacial score (nSPS) is 36.0. The van der Waals surface area contributed by atoms with E-state index >= 15 is 0 Å². The highest BCUT2D eigenvalue weighted by Crippen LogP contribution is 2.34. The smallest absolute Gasteiger partial charge is 0.0195 e. The zero-order valence-electron chi connectivity index (χ0n) is 12.7. The third-order valence-electron chi connectivity index (χ3n) is 5.72. The van der Waals surface area contributed by atoms with Crippen molar-refractivity contribution in [1.82, 2.24) is 10.2 Å². The van der Waals surface area contributed by atoms with Crippen molar-refractivity contribution in [3.05, 3.63) is 0 Å². The molecule has 3 rings (SSSR count). The van der Waals surface area contributed by atoms with Crippen molar-refractivity contribution in [2.45, 2.75) is 76.8 Å². The molecule has 1 heterocycles. The van der Waals surface area contributed by atoms with E-state index < -0.39 is 0 Å². The van der Waals surface area contributed by atoms with E-state index in [1.807, 2.05) is 0 Å². The third-order valence-corrected chi connectivity index (χ3v) is 5.72. The fraction of sp³-hybridized carbons (Fsp3) is 1.00. The second kappa shape index (κ2) is 6.58. The van der Waals surface area contributed by atoms with E-state index in [1.54, 1.807) is 0 Å². The number of rotatable bonds is 6. The Hall–Kier alpha value is -0.0800. The highest BCUT2D eigenvalue weighted by molar-refractivity contribution is 4.87. The molecule has 0 aromatic carbocycles. The molecule has 1 unspecified atom stereocenters. The summed E-state index contributed by atoms with van der Waals surface area (Å²) in [6.07, 6.45) is 13.1. The van der Waals surface area contributed by atoms with Crippen molar-refractivity contribution in [3.63, 3.8) is 0 Å². The van der Waals surface area contributed by atoms with Gasteiger partial charge in [-0.15, -0.1) is 0 Å². The van der Waals surface area contributed by atoms with Crippen LogP contribution in [0.2, 0.25) is 0 Å². The molecule has 2 aliphatic carbocycles. The lowest BCUT2D eigenvalue weighted by atomic mass is 9.83. The Bertz CT molecular complexity index is 260. The van der Waals surface area contributed by atoms with Gasteiger partial charge in [-0.1, -0.05) is 13.3 Å². The van der Waals surface area contributed by atoms with Crippen LogP contribution in [0.1, 0.15) is 64.7 Å². The molecule has 2 heteroatoms. The summed E-state index contributed by atoms with van der Waals surface area (Å²) in [5.41, 5.74) is 0. The average molecular weight is 264 g/mol. The lowest BCUT2D eigenvalue weighted by molar-refractivity contribution is 0.120. The van der Waals surface area contributed by atoms with Crippen LogP contribution in [0.25, 0.3) is 0 Å². The molecule has 0 radical (unpaired) electrons. The summed E-state index contributed by atoms with van der Waals surface area (Å²) >= 11 is 0. The van der Waals surface area contributed by atoms with E-state index in [-0.39, 0.29) is 0 Å². The molecule has 0 bridgehead atoms. The average Bonchev–Trinajstić information content (AvgIpc) is 3.12. The predicted octanol–water partition coefficient (Wildman–Crippen LogP) is 3.42. The van der Waals surface area contributed by atoms with Crippen LogP contribution in [0.4, 0.5) is 0 Å². The summed E-state index contributed by atoms with van der Waals surface area (Å²) in [4.78, 5) is 2.88. The third kappa shape index (κ3) is 3.95. The van der Waals surface area contributed by atoms with Gasteiger partial charge in [0.15, 0.2) is 0 Å². The van der Waals surface area contributed by atoms with Crippen LogP contribution < -0.4 is 5.32 Å². The zero-order chi connectivity index (χ0) is 13.1. The minimum Gasteiger partial charge on any atom is -0.313 e. The Morgan fingerprint density at radius 1 is 0.895 bits per heavy atom. The molecule has 1 N–H and O–H groups in total. The van der Waals surface area contributed by atoms with Crippen molar-refractivity contribution < 1.29 is 0 Å². The summed E-state index contributed by atoms with van der Waals surface area (Å²) in [5.74, 6) is 2.08. The van der Waals surface area contributed by atoms with E-state index in [9.17, 15) is 0 Å². The highest BCUT2D eigenvalue weighted by Gasteiger charge is 2.32. The van der Waals surface area contributed by atoms with Crippen LogP contribution in [-0.4, -0.2) is 36.6 Å². The number of hydrogen-bond acceptors (Lipinski definition) is 2. The molecule has 3 aliphatic rings. The first-order valence-corrected chi connectivity index (χ1v) is 8.82. The monoisotopic (exact) mass is 264 g/mol. The molecule has 110 valence electrons. The van der Waals surface area contributed by atoms with Gasteiger partial charge in [-0.3, -0.25) is 4.90 Å². The van der Waals surface area contributed by atoms with Crippen LogP contribution in [-0.2, 0) is 0 Å². The van der Waals surface area contributed by atoms with Crippen LogP contribution in [0.3, 0.4) is 0 Å². The van der Waals surface area contributed by atoms with Gasteiger partial charge in [-0.05, 0) is 69.7 Å². The fourth-order valence-corrected chi connectivity index (χ4v) is 4.12. The topological polar surface area (TPSA) is 15.3 Å². The summed E-state index contributed by atoms with van der Waals surface area (Å²) in [6.45, 7) is 6.36. The summed E-state index contributed by atoms with van der Waals surface area (Å²) in [5, 5.41) is 3.70. The number of hydrogen-bond donors (Lipinski definition) is 1. The van der Waals surface area contributed by atoms with Crippen molar-refractivity contribution in [3.8, 4) is 0 Å². The lowest BCUT2D eigenvalue weighted by Gasteiger charge is -2.38. The van der Waals surface area contributed by atoms with Crippen molar-refractivity contribution in [2.75, 3.05) is 19.6 Å². The highest BCUT2D eigenvalue weighted by atomic mass is 15.2. The van der Waals surface area contributed by atoms with Gasteiger partial charge in [-0.25, -0.2) is 0 Å². The van der Waals surface area contributed by atoms with Crippen molar-refractivity contribution in [2.24, 2.45) is 11.8 Å². The maximum atomic E-state index is 3.70. The van der Waals surface area contributed by atoms with Gasteiger partial charge in [0, 0.05) is 25.2 Å². The maximum Gasteiger partial charge on any atom is 0.0195 e. The SMILES string of the molecule is CCC1CCC(N(CC2CC2)CC2CCCN2)CC1. The molecule has 0 aromatic rings. The first-order valence-electron chi connectivity index (χ1n) is 8.82. The largest absolute Gasteiger partial charge is 0.313 e. The molecule has 19 heavy (non-hydrogen) atoms. The van der Waals surface area contributed by atoms with Crippen LogP contribution in [0.5, 0.6) is 0 Å². The van der Waals surface area contributed by atoms with Gasteiger partial charge in [-0.2, -0.15) is 0 Å². The summed E-state index contributed by atoms with van der Waals surface area (Å²) < 4.78 is 0. The Morgan fingerprint density at radius 2 is 1.63 bits per heavy atom. The molecule has 3 fully saturated rings. The lowest BCUT2D eigenvalue weighted by Crippen LogP contribution is -2.45. The molecule has 2 nitrogen and oxygen atoms in total. The second-order valence-electron chi connectivity index (χ2n) is 7.27. The fourth-order valence-electron chi connectivity index (χ4n) is 4.12. The van der Waals surface area contributed by atoms with Gasteiger partial charge in [0.25, 0.3) is 0 Å². The van der Waals surface area contributed by atoms with E-state index in [1.165, 1.54) is 77.4 Å².